The normalized spacial score (nSPS) is 16.0. The summed E-state index contributed by atoms with van der Waals surface area (Å²) >= 11 is 1.86. The molecule has 0 amide bonds. The second-order valence-corrected chi connectivity index (χ2v) is 8.18. The molecule has 0 saturated carbocycles. The van der Waals surface area contributed by atoms with Gasteiger partial charge in [0.25, 0.3) is 0 Å². The van der Waals surface area contributed by atoms with Gasteiger partial charge in [0.2, 0.25) is 0 Å². The number of nitrogens with zero attached hydrogens (tertiary/aromatic N) is 1. The van der Waals surface area contributed by atoms with Gasteiger partial charge in [-0.25, -0.2) is 4.98 Å². The van der Waals surface area contributed by atoms with Crippen LogP contribution in [0, 0.1) is 0 Å². The minimum Gasteiger partial charge on any atom is -0.324 e. The van der Waals surface area contributed by atoms with Crippen LogP contribution in [0.3, 0.4) is 0 Å². The van der Waals surface area contributed by atoms with E-state index in [0.29, 0.717) is 0 Å². The molecule has 2 aromatic rings. The number of benzene rings is 1. The lowest BCUT2D eigenvalue weighted by Crippen LogP contribution is -2.15. The fraction of sp³-hybridized carbons (Fsp3) is 0.500. The summed E-state index contributed by atoms with van der Waals surface area (Å²) in [5.41, 5.74) is 10.4. The number of hydrogen-bond acceptors (Lipinski definition) is 3. The zero-order valence-corrected chi connectivity index (χ0v) is 14.0. The van der Waals surface area contributed by atoms with Crippen LogP contribution in [0.5, 0.6) is 0 Å². The van der Waals surface area contributed by atoms with Crippen LogP contribution in [0.25, 0.3) is 0 Å². The number of aromatic nitrogens is 1. The summed E-state index contributed by atoms with van der Waals surface area (Å²) in [5.74, 6) is 0. The molecule has 3 rings (SSSR count). The zero-order chi connectivity index (χ0) is 15.0. The van der Waals surface area contributed by atoms with Crippen LogP contribution >= 0.6 is 11.3 Å². The van der Waals surface area contributed by atoms with Crippen molar-refractivity contribution in [1.29, 1.82) is 0 Å². The summed E-state index contributed by atoms with van der Waals surface area (Å²) < 4.78 is 0. The van der Waals surface area contributed by atoms with E-state index in [-0.39, 0.29) is 11.5 Å². The molecule has 21 heavy (non-hydrogen) atoms. The molecule has 0 bridgehead atoms. The van der Waals surface area contributed by atoms with Gasteiger partial charge in [-0.1, -0.05) is 45.0 Å². The molecule has 2 nitrogen and oxygen atoms in total. The Hall–Kier alpha value is -1.19. The summed E-state index contributed by atoms with van der Waals surface area (Å²) in [5, 5.41) is 1.20. The highest BCUT2D eigenvalue weighted by Crippen LogP contribution is 2.30. The maximum atomic E-state index is 6.37. The molecule has 0 aliphatic heterocycles. The van der Waals surface area contributed by atoms with E-state index in [0.717, 1.165) is 12.8 Å². The molecule has 1 aliphatic carbocycles. The van der Waals surface area contributed by atoms with Gasteiger partial charge < -0.3 is 5.73 Å². The SMILES string of the molecule is CC(C)(C)c1ccc(C(N)Cc2nc3c(s2)CCC3)cc1. The molecule has 0 saturated heterocycles. The van der Waals surface area contributed by atoms with Crippen molar-refractivity contribution in [2.24, 2.45) is 5.73 Å². The molecule has 1 heterocycles. The van der Waals surface area contributed by atoms with Gasteiger partial charge in [0.05, 0.1) is 10.7 Å². The molecule has 3 heteroatoms. The fourth-order valence-electron chi connectivity index (χ4n) is 2.87. The van der Waals surface area contributed by atoms with E-state index >= 15 is 0 Å². The van der Waals surface area contributed by atoms with E-state index in [1.807, 2.05) is 11.3 Å². The van der Waals surface area contributed by atoms with Crippen LogP contribution in [0.15, 0.2) is 24.3 Å². The number of thiazole rings is 1. The van der Waals surface area contributed by atoms with Crippen molar-refractivity contribution >= 4 is 11.3 Å². The molecule has 0 fully saturated rings. The van der Waals surface area contributed by atoms with E-state index in [1.54, 1.807) is 0 Å². The standard InChI is InChI=1S/C18H24N2S/c1-18(2,3)13-9-7-12(8-10-13)14(19)11-17-20-15-5-4-6-16(15)21-17/h7-10,14H,4-6,11,19H2,1-3H3. The predicted octanol–water partition coefficient (Wildman–Crippen LogP) is 4.17. The molecule has 112 valence electrons. The predicted molar refractivity (Wildman–Crippen MR) is 89.9 cm³/mol. The van der Waals surface area contributed by atoms with Crippen molar-refractivity contribution in [1.82, 2.24) is 4.98 Å². The molecule has 0 radical (unpaired) electrons. The molecule has 1 aromatic heterocycles. The van der Waals surface area contributed by atoms with Gasteiger partial charge in [-0.3, -0.25) is 0 Å². The van der Waals surface area contributed by atoms with Crippen molar-refractivity contribution in [3.8, 4) is 0 Å². The maximum absolute atomic E-state index is 6.37. The Morgan fingerprint density at radius 3 is 2.52 bits per heavy atom. The second kappa shape index (κ2) is 5.54. The maximum Gasteiger partial charge on any atom is 0.0950 e. The second-order valence-electron chi connectivity index (χ2n) is 7.01. The fourth-order valence-corrected chi connectivity index (χ4v) is 4.08. The summed E-state index contributed by atoms with van der Waals surface area (Å²) in [4.78, 5) is 6.24. The molecule has 1 atom stereocenters. The first-order chi connectivity index (χ1) is 9.93. The number of fused-ring (bicyclic) bond motifs is 1. The largest absolute Gasteiger partial charge is 0.324 e. The Balaban J connectivity index is 1.71. The van der Waals surface area contributed by atoms with Crippen molar-refractivity contribution in [2.45, 2.75) is 57.9 Å². The average molecular weight is 300 g/mol. The highest BCUT2D eigenvalue weighted by molar-refractivity contribution is 7.11. The van der Waals surface area contributed by atoms with E-state index in [2.05, 4.69) is 45.0 Å². The van der Waals surface area contributed by atoms with Crippen LogP contribution in [-0.2, 0) is 24.7 Å². The van der Waals surface area contributed by atoms with Gasteiger partial charge in [-0.2, -0.15) is 0 Å². The van der Waals surface area contributed by atoms with Crippen LogP contribution < -0.4 is 5.73 Å². The monoisotopic (exact) mass is 300 g/mol. The van der Waals surface area contributed by atoms with Crippen LogP contribution in [0.1, 0.15) is 59.9 Å². The molecule has 1 unspecified atom stereocenters. The minimum absolute atomic E-state index is 0.0466. The van der Waals surface area contributed by atoms with E-state index in [1.165, 1.54) is 39.5 Å². The van der Waals surface area contributed by atoms with Crippen molar-refractivity contribution < 1.29 is 0 Å². The Labute approximate surface area is 131 Å². The Morgan fingerprint density at radius 1 is 1.19 bits per heavy atom. The molecule has 2 N–H and O–H groups in total. The summed E-state index contributed by atoms with van der Waals surface area (Å²) in [6.45, 7) is 6.71. The van der Waals surface area contributed by atoms with Crippen LogP contribution in [0.4, 0.5) is 0 Å². The smallest absolute Gasteiger partial charge is 0.0950 e. The molecular weight excluding hydrogens is 276 g/mol. The van der Waals surface area contributed by atoms with E-state index in [9.17, 15) is 0 Å². The number of nitrogens with two attached hydrogens (primary N) is 1. The third-order valence-electron chi connectivity index (χ3n) is 4.24. The molecule has 1 aromatic carbocycles. The highest BCUT2D eigenvalue weighted by atomic mass is 32.1. The first kappa shape index (κ1) is 14.7. The Bertz CT molecular complexity index is 598. The summed E-state index contributed by atoms with van der Waals surface area (Å²) in [6, 6.07) is 8.80. The third-order valence-corrected chi connectivity index (χ3v) is 5.42. The summed E-state index contributed by atoms with van der Waals surface area (Å²) in [6.07, 6.45) is 4.49. The van der Waals surface area contributed by atoms with Crippen molar-refractivity contribution in [3.05, 3.63) is 51.0 Å². The van der Waals surface area contributed by atoms with Crippen LogP contribution in [0.2, 0.25) is 0 Å². The van der Waals surface area contributed by atoms with Gasteiger partial charge >= 0.3 is 0 Å². The Kier molecular flexibility index (Phi) is 3.89. The van der Waals surface area contributed by atoms with Crippen molar-refractivity contribution in [3.63, 3.8) is 0 Å². The van der Waals surface area contributed by atoms with Gasteiger partial charge in [0.1, 0.15) is 0 Å². The zero-order valence-electron chi connectivity index (χ0n) is 13.1. The number of rotatable bonds is 3. The molecule has 1 aliphatic rings. The van der Waals surface area contributed by atoms with Crippen LogP contribution in [-0.4, -0.2) is 4.98 Å². The lowest BCUT2D eigenvalue weighted by atomic mass is 9.86. The molecular formula is C18H24N2S. The average Bonchev–Trinajstić information content (AvgIpc) is 2.98. The van der Waals surface area contributed by atoms with Gasteiger partial charge in [-0.05, 0) is 35.8 Å². The van der Waals surface area contributed by atoms with Gasteiger partial charge in [0, 0.05) is 17.3 Å². The first-order valence-electron chi connectivity index (χ1n) is 7.77. The lowest BCUT2D eigenvalue weighted by Gasteiger charge is -2.20. The summed E-state index contributed by atoms with van der Waals surface area (Å²) in [7, 11) is 0. The first-order valence-corrected chi connectivity index (χ1v) is 8.58. The van der Waals surface area contributed by atoms with E-state index < -0.39 is 0 Å². The molecule has 0 spiro atoms. The lowest BCUT2D eigenvalue weighted by molar-refractivity contribution is 0.589. The minimum atomic E-state index is 0.0466. The number of hydrogen-bond donors (Lipinski definition) is 1. The third kappa shape index (κ3) is 3.19. The van der Waals surface area contributed by atoms with Gasteiger partial charge in [0.15, 0.2) is 0 Å². The van der Waals surface area contributed by atoms with Crippen molar-refractivity contribution in [2.75, 3.05) is 0 Å². The number of aryl methyl sites for hydroxylation is 2. The Morgan fingerprint density at radius 2 is 1.90 bits per heavy atom. The van der Waals surface area contributed by atoms with Gasteiger partial charge in [-0.15, -0.1) is 11.3 Å². The quantitative estimate of drug-likeness (QED) is 0.924. The topological polar surface area (TPSA) is 38.9 Å². The highest BCUT2D eigenvalue weighted by Gasteiger charge is 2.19. The van der Waals surface area contributed by atoms with E-state index in [4.69, 9.17) is 10.7 Å².